The van der Waals surface area contributed by atoms with Crippen LogP contribution in [-0.2, 0) is 25.8 Å². The molecule has 1 aliphatic rings. The lowest BCUT2D eigenvalue weighted by molar-refractivity contribution is -0.189. The fourth-order valence-corrected chi connectivity index (χ4v) is 5.46. The van der Waals surface area contributed by atoms with Crippen molar-refractivity contribution in [2.45, 2.75) is 39.2 Å². The number of hydrogen-bond donors (Lipinski definition) is 1. The van der Waals surface area contributed by atoms with E-state index in [1.165, 1.54) is 23.3 Å². The number of piperazine rings is 1. The molecule has 0 aliphatic carbocycles. The van der Waals surface area contributed by atoms with Gasteiger partial charge in [0.2, 0.25) is 17.7 Å². The zero-order valence-electron chi connectivity index (χ0n) is 23.1. The molecule has 1 aromatic heterocycles. The molecule has 3 aromatic rings. The molecule has 0 unspecified atom stereocenters. The Bertz CT molecular complexity index is 1280. The quantitative estimate of drug-likeness (QED) is 0.247. The maximum atomic E-state index is 12.7. The molecule has 0 spiro atoms. The number of unbranched alkanes of at least 4 members (excludes halogenated alkanes) is 2. The first kappa shape index (κ1) is 29.4. The first-order valence-corrected chi connectivity index (χ1v) is 14.4. The summed E-state index contributed by atoms with van der Waals surface area (Å²) in [6.45, 7) is 5.12. The van der Waals surface area contributed by atoms with Gasteiger partial charge in [-0.1, -0.05) is 54.2 Å². The van der Waals surface area contributed by atoms with Crippen LogP contribution in [0.3, 0.4) is 0 Å². The van der Waals surface area contributed by atoms with Crippen molar-refractivity contribution < 1.29 is 24.0 Å². The number of nitrogens with one attached hydrogen (secondary N) is 1. The maximum Gasteiger partial charge on any atom is 0.243 e. The van der Waals surface area contributed by atoms with Crippen LogP contribution in [0.1, 0.15) is 38.2 Å². The molecule has 4 rings (SSSR count). The molecule has 1 fully saturated rings. The van der Waals surface area contributed by atoms with Crippen molar-refractivity contribution in [3.8, 4) is 5.75 Å². The van der Waals surface area contributed by atoms with Gasteiger partial charge in [0.25, 0.3) is 0 Å². The predicted octanol–water partition coefficient (Wildman–Crippen LogP) is 3.93. The number of methoxy groups -OCH3 is 1. The highest BCUT2D eigenvalue weighted by Gasteiger charge is 2.22. The molecule has 3 amide bonds. The van der Waals surface area contributed by atoms with Crippen molar-refractivity contribution in [2.75, 3.05) is 51.7 Å². The van der Waals surface area contributed by atoms with Gasteiger partial charge in [-0.3, -0.25) is 24.1 Å². The predicted molar refractivity (Wildman–Crippen MR) is 155 cm³/mol. The molecule has 214 valence electrons. The number of fused-ring (bicyclic) bond motifs is 1. The minimum atomic E-state index is -0.126. The molecule has 1 aliphatic heterocycles. The molecule has 1 N–H and O–H groups in total. The van der Waals surface area contributed by atoms with Crippen LogP contribution in [-0.4, -0.2) is 83.9 Å². The number of ether oxygens (including phenoxy) is 1. The Morgan fingerprint density at radius 3 is 2.50 bits per heavy atom. The Hall–Kier alpha value is -3.54. The van der Waals surface area contributed by atoms with Gasteiger partial charge < -0.3 is 15.0 Å². The Morgan fingerprint density at radius 2 is 1.77 bits per heavy atom. The fourth-order valence-electron chi connectivity index (χ4n) is 4.56. The van der Waals surface area contributed by atoms with E-state index in [9.17, 15) is 14.4 Å². The van der Waals surface area contributed by atoms with Crippen LogP contribution in [0.4, 0.5) is 5.13 Å². The Balaban J connectivity index is 1.10. The second kappa shape index (κ2) is 14.7. The first-order chi connectivity index (χ1) is 19.4. The van der Waals surface area contributed by atoms with E-state index in [-0.39, 0.29) is 24.3 Å². The van der Waals surface area contributed by atoms with E-state index < -0.39 is 0 Å². The lowest BCUT2D eigenvalue weighted by Gasteiger charge is -2.34. The number of amides is 3. The van der Waals surface area contributed by atoms with Gasteiger partial charge in [0.1, 0.15) is 17.9 Å². The first-order valence-electron chi connectivity index (χ1n) is 13.6. The number of anilines is 1. The van der Waals surface area contributed by atoms with Crippen molar-refractivity contribution in [1.82, 2.24) is 19.8 Å². The number of nitrogens with zero attached hydrogens (tertiary/aromatic N) is 4. The van der Waals surface area contributed by atoms with E-state index in [1.807, 2.05) is 53.4 Å². The summed E-state index contributed by atoms with van der Waals surface area (Å²) in [4.78, 5) is 51.3. The van der Waals surface area contributed by atoms with Crippen LogP contribution < -0.4 is 10.1 Å². The summed E-state index contributed by atoms with van der Waals surface area (Å²) in [5.41, 5.74) is 1.75. The highest BCUT2D eigenvalue weighted by molar-refractivity contribution is 7.22. The molecule has 0 radical (unpaired) electrons. The summed E-state index contributed by atoms with van der Waals surface area (Å²) in [7, 11) is 1.60. The lowest BCUT2D eigenvalue weighted by atomic mass is 10.1. The number of hydroxylamine groups is 2. The summed E-state index contributed by atoms with van der Waals surface area (Å²) in [5, 5.41) is 4.84. The third-order valence-corrected chi connectivity index (χ3v) is 7.71. The Morgan fingerprint density at radius 1 is 1.00 bits per heavy atom. The van der Waals surface area contributed by atoms with E-state index in [1.54, 1.807) is 7.11 Å². The van der Waals surface area contributed by atoms with E-state index in [0.29, 0.717) is 56.6 Å². The van der Waals surface area contributed by atoms with Gasteiger partial charge in [-0.25, -0.2) is 10.0 Å². The average Bonchev–Trinajstić information content (AvgIpc) is 3.37. The smallest absolute Gasteiger partial charge is 0.243 e. The molecule has 0 saturated carbocycles. The van der Waals surface area contributed by atoms with Crippen molar-refractivity contribution >= 4 is 44.4 Å². The minimum absolute atomic E-state index is 0.120. The molecule has 11 heteroatoms. The average molecular weight is 568 g/mol. The summed E-state index contributed by atoms with van der Waals surface area (Å²) < 4.78 is 6.30. The van der Waals surface area contributed by atoms with Crippen LogP contribution in [0.5, 0.6) is 5.75 Å². The highest BCUT2D eigenvalue weighted by Crippen LogP contribution is 2.32. The van der Waals surface area contributed by atoms with Gasteiger partial charge in [0.05, 0.1) is 18.4 Å². The summed E-state index contributed by atoms with van der Waals surface area (Å²) in [6, 6.07) is 15.4. The molecule has 0 atom stereocenters. The Kier molecular flexibility index (Phi) is 10.8. The van der Waals surface area contributed by atoms with Crippen LogP contribution in [0.25, 0.3) is 10.2 Å². The molecule has 40 heavy (non-hydrogen) atoms. The number of rotatable bonds is 13. The largest absolute Gasteiger partial charge is 0.494 e. The van der Waals surface area contributed by atoms with E-state index in [2.05, 4.69) is 15.2 Å². The fraction of sp³-hybridized carbons (Fsp3) is 0.448. The normalized spacial score (nSPS) is 13.8. The summed E-state index contributed by atoms with van der Waals surface area (Å²) in [5.74, 6) is 0.571. The second-order valence-electron chi connectivity index (χ2n) is 9.72. The SMILES string of the molecule is COc1cccc2sc(NC(=O)CN3CCN(C(=O)CCCCCN(OCc4ccccc4)C(C)=O)CC3)nc12. The lowest BCUT2D eigenvalue weighted by Crippen LogP contribution is -2.50. The van der Waals surface area contributed by atoms with Crippen LogP contribution >= 0.6 is 11.3 Å². The van der Waals surface area contributed by atoms with Gasteiger partial charge in [0, 0.05) is 46.1 Å². The summed E-state index contributed by atoms with van der Waals surface area (Å²) in [6.07, 6.45) is 2.85. The number of thiazole rings is 1. The van der Waals surface area contributed by atoms with Crippen LogP contribution in [0, 0.1) is 0 Å². The molecular weight excluding hydrogens is 530 g/mol. The zero-order chi connectivity index (χ0) is 28.3. The number of carbonyl (C=O) groups excluding carboxylic acids is 3. The van der Waals surface area contributed by atoms with Gasteiger partial charge in [-0.05, 0) is 30.5 Å². The molecule has 1 saturated heterocycles. The van der Waals surface area contributed by atoms with Gasteiger partial charge in [-0.2, -0.15) is 0 Å². The van der Waals surface area contributed by atoms with Gasteiger partial charge in [-0.15, -0.1) is 0 Å². The summed E-state index contributed by atoms with van der Waals surface area (Å²) >= 11 is 1.42. The number of hydrogen-bond acceptors (Lipinski definition) is 8. The zero-order valence-corrected chi connectivity index (χ0v) is 24.0. The van der Waals surface area contributed by atoms with Gasteiger partial charge >= 0.3 is 0 Å². The molecule has 0 bridgehead atoms. The van der Waals surface area contributed by atoms with Crippen LogP contribution in [0.15, 0.2) is 48.5 Å². The molecule has 2 heterocycles. The van der Waals surface area contributed by atoms with Crippen molar-refractivity contribution in [1.29, 1.82) is 0 Å². The van der Waals surface area contributed by atoms with E-state index >= 15 is 0 Å². The Labute approximate surface area is 238 Å². The standard InChI is InChI=1S/C29H37N5O5S/c1-22(35)34(39-21-23-10-5-3-6-11-23)15-8-4-7-14-27(37)33-18-16-32(17-19-33)20-26(36)30-29-31-28-24(38-2)12-9-13-25(28)40-29/h3,5-6,9-13H,4,7-8,14-21H2,1-2H3,(H,30,31,36). The molecule has 10 nitrogen and oxygen atoms in total. The van der Waals surface area contributed by atoms with Crippen LogP contribution in [0.2, 0.25) is 0 Å². The number of benzene rings is 2. The molecular formula is C29H37N5O5S. The molecule has 2 aromatic carbocycles. The van der Waals surface area contributed by atoms with Crippen molar-refractivity contribution in [3.63, 3.8) is 0 Å². The van der Waals surface area contributed by atoms with Crippen molar-refractivity contribution in [2.24, 2.45) is 0 Å². The second-order valence-corrected chi connectivity index (χ2v) is 10.8. The minimum Gasteiger partial charge on any atom is -0.494 e. The van der Waals surface area contributed by atoms with E-state index in [4.69, 9.17) is 9.57 Å². The van der Waals surface area contributed by atoms with E-state index in [0.717, 1.165) is 35.0 Å². The number of carbonyl (C=O) groups is 3. The third kappa shape index (κ3) is 8.48. The third-order valence-electron chi connectivity index (χ3n) is 6.77. The number of para-hydroxylation sites is 1. The highest BCUT2D eigenvalue weighted by atomic mass is 32.1. The monoisotopic (exact) mass is 567 g/mol. The van der Waals surface area contributed by atoms with Gasteiger partial charge in [0.15, 0.2) is 5.13 Å². The van der Waals surface area contributed by atoms with Crippen molar-refractivity contribution in [3.05, 3.63) is 54.1 Å². The number of aromatic nitrogens is 1. The topological polar surface area (TPSA) is 104 Å². The maximum absolute atomic E-state index is 12.7.